The lowest BCUT2D eigenvalue weighted by Crippen LogP contribution is -2.05. The van der Waals surface area contributed by atoms with E-state index in [-0.39, 0.29) is 0 Å². The van der Waals surface area contributed by atoms with E-state index >= 15 is 0 Å². The topological polar surface area (TPSA) is 53.4 Å². The summed E-state index contributed by atoms with van der Waals surface area (Å²) in [5, 5.41) is 4.27. The van der Waals surface area contributed by atoms with Crippen LogP contribution in [0.3, 0.4) is 0 Å². The first-order valence-electron chi connectivity index (χ1n) is 5.50. The Bertz CT molecular complexity index is 532. The second kappa shape index (κ2) is 5.35. The van der Waals surface area contributed by atoms with Crippen LogP contribution in [0.1, 0.15) is 11.3 Å². The van der Waals surface area contributed by atoms with E-state index in [1.54, 1.807) is 17.9 Å². The number of aryl methyl sites for hydroxylation is 1. The number of benzene rings is 1. The number of carbonyl (C=O) groups is 1. The van der Waals surface area contributed by atoms with Crippen molar-refractivity contribution in [2.45, 2.75) is 13.5 Å². The van der Waals surface area contributed by atoms with E-state index in [0.717, 1.165) is 17.0 Å². The van der Waals surface area contributed by atoms with Crippen LogP contribution in [0.15, 0.2) is 30.3 Å². The van der Waals surface area contributed by atoms with Crippen molar-refractivity contribution in [2.75, 3.05) is 7.11 Å². The molecule has 5 nitrogen and oxygen atoms in total. The first-order valence-corrected chi connectivity index (χ1v) is 5.50. The zero-order valence-electron chi connectivity index (χ0n) is 10.3. The van der Waals surface area contributed by atoms with Crippen molar-refractivity contribution in [2.24, 2.45) is 0 Å². The zero-order valence-corrected chi connectivity index (χ0v) is 10.3. The number of rotatable bonds is 5. The van der Waals surface area contributed by atoms with Crippen LogP contribution in [0.5, 0.6) is 11.6 Å². The molecule has 0 aliphatic heterocycles. The molecule has 0 aliphatic rings. The van der Waals surface area contributed by atoms with Crippen LogP contribution >= 0.6 is 0 Å². The van der Waals surface area contributed by atoms with Crippen molar-refractivity contribution in [3.63, 3.8) is 0 Å². The van der Waals surface area contributed by atoms with Gasteiger partial charge in [0.05, 0.1) is 19.3 Å². The van der Waals surface area contributed by atoms with Crippen LogP contribution in [-0.2, 0) is 11.3 Å². The minimum atomic E-state index is 0.404. The van der Waals surface area contributed by atoms with E-state index in [4.69, 9.17) is 9.47 Å². The van der Waals surface area contributed by atoms with Gasteiger partial charge in [0.2, 0.25) is 5.88 Å². The Morgan fingerprint density at radius 2 is 2.06 bits per heavy atom. The molecule has 1 heterocycles. The van der Waals surface area contributed by atoms with Gasteiger partial charge in [0, 0.05) is 6.07 Å². The van der Waals surface area contributed by atoms with Crippen molar-refractivity contribution < 1.29 is 14.3 Å². The molecule has 0 radical (unpaired) electrons. The molecular formula is C13H14N2O3. The number of hydrogen-bond acceptors (Lipinski definition) is 4. The van der Waals surface area contributed by atoms with Crippen molar-refractivity contribution in [1.82, 2.24) is 9.78 Å². The van der Waals surface area contributed by atoms with Crippen molar-refractivity contribution >= 4 is 6.47 Å². The number of ether oxygens (including phenoxy) is 2. The minimum Gasteiger partial charge on any atom is -0.497 e. The first-order chi connectivity index (χ1) is 8.72. The van der Waals surface area contributed by atoms with Gasteiger partial charge in [-0.25, -0.2) is 4.68 Å². The van der Waals surface area contributed by atoms with Crippen LogP contribution in [0.4, 0.5) is 0 Å². The lowest BCUT2D eigenvalue weighted by atomic mass is 10.2. The van der Waals surface area contributed by atoms with E-state index < -0.39 is 0 Å². The van der Waals surface area contributed by atoms with Gasteiger partial charge in [0.15, 0.2) is 0 Å². The SMILES string of the molecule is COc1ccc(Cn2nc(C)cc2OC=O)cc1. The summed E-state index contributed by atoms with van der Waals surface area (Å²) in [7, 11) is 1.63. The summed E-state index contributed by atoms with van der Waals surface area (Å²) in [5.41, 5.74) is 1.86. The fraction of sp³-hybridized carbons (Fsp3) is 0.231. The highest BCUT2D eigenvalue weighted by Crippen LogP contribution is 2.17. The second-order valence-corrected chi connectivity index (χ2v) is 3.84. The molecule has 0 unspecified atom stereocenters. The Morgan fingerprint density at radius 3 is 2.67 bits per heavy atom. The Balaban J connectivity index is 2.19. The van der Waals surface area contributed by atoms with Crippen molar-refractivity contribution in [3.8, 4) is 11.6 Å². The summed E-state index contributed by atoms with van der Waals surface area (Å²) in [6, 6.07) is 9.37. The molecule has 0 amide bonds. The standard InChI is InChI=1S/C13H14N2O3/c1-10-7-13(18-9-16)15(14-10)8-11-3-5-12(17-2)6-4-11/h3-7,9H,8H2,1-2H3. The molecule has 0 atom stereocenters. The third-order valence-electron chi connectivity index (χ3n) is 2.53. The molecule has 2 aromatic rings. The summed E-state index contributed by atoms with van der Waals surface area (Å²) < 4.78 is 11.6. The predicted molar refractivity (Wildman–Crippen MR) is 65.8 cm³/mol. The summed E-state index contributed by atoms with van der Waals surface area (Å²) in [5.74, 6) is 1.25. The largest absolute Gasteiger partial charge is 0.497 e. The van der Waals surface area contributed by atoms with E-state index in [0.29, 0.717) is 18.9 Å². The molecule has 1 aromatic carbocycles. The molecule has 0 N–H and O–H groups in total. The maximum absolute atomic E-state index is 10.4. The van der Waals surface area contributed by atoms with Crippen molar-refractivity contribution in [1.29, 1.82) is 0 Å². The number of hydrogen-bond donors (Lipinski definition) is 0. The number of aromatic nitrogens is 2. The molecule has 94 valence electrons. The number of carbonyl (C=O) groups excluding carboxylic acids is 1. The van der Waals surface area contributed by atoms with Crippen LogP contribution in [0.2, 0.25) is 0 Å². The van der Waals surface area contributed by atoms with Gasteiger partial charge in [-0.3, -0.25) is 4.79 Å². The predicted octanol–water partition coefficient (Wildman–Crippen LogP) is 1.78. The van der Waals surface area contributed by atoms with Gasteiger partial charge in [-0.05, 0) is 24.6 Å². The van der Waals surface area contributed by atoms with E-state index in [2.05, 4.69) is 5.10 Å². The van der Waals surface area contributed by atoms with Crippen LogP contribution in [0.25, 0.3) is 0 Å². The third kappa shape index (κ3) is 2.68. The Morgan fingerprint density at radius 1 is 1.33 bits per heavy atom. The van der Waals surface area contributed by atoms with E-state index in [9.17, 15) is 4.79 Å². The maximum atomic E-state index is 10.4. The molecule has 0 bridgehead atoms. The summed E-state index contributed by atoms with van der Waals surface area (Å²) in [6.07, 6.45) is 0. The lowest BCUT2D eigenvalue weighted by Gasteiger charge is -2.06. The van der Waals surface area contributed by atoms with Crippen molar-refractivity contribution in [3.05, 3.63) is 41.6 Å². The first kappa shape index (κ1) is 12.2. The monoisotopic (exact) mass is 246 g/mol. The van der Waals surface area contributed by atoms with Gasteiger partial charge in [-0.15, -0.1) is 0 Å². The van der Waals surface area contributed by atoms with E-state index in [1.807, 2.05) is 31.2 Å². The van der Waals surface area contributed by atoms with Crippen LogP contribution < -0.4 is 9.47 Å². The summed E-state index contributed by atoms with van der Waals surface area (Å²) >= 11 is 0. The second-order valence-electron chi connectivity index (χ2n) is 3.84. The molecule has 0 aliphatic carbocycles. The van der Waals surface area contributed by atoms with Crippen LogP contribution in [-0.4, -0.2) is 23.4 Å². The van der Waals surface area contributed by atoms with Gasteiger partial charge in [-0.2, -0.15) is 5.10 Å². The summed E-state index contributed by atoms with van der Waals surface area (Å²) in [6.45, 7) is 2.80. The highest BCUT2D eigenvalue weighted by atomic mass is 16.5. The minimum absolute atomic E-state index is 0.404. The molecule has 0 fully saturated rings. The fourth-order valence-electron chi connectivity index (χ4n) is 1.68. The molecule has 2 rings (SSSR count). The fourth-order valence-corrected chi connectivity index (χ4v) is 1.68. The van der Waals surface area contributed by atoms with Gasteiger partial charge >= 0.3 is 0 Å². The average molecular weight is 246 g/mol. The molecule has 5 heteroatoms. The molecule has 0 saturated heterocycles. The average Bonchev–Trinajstić information content (AvgIpc) is 2.71. The molecule has 1 aromatic heterocycles. The zero-order chi connectivity index (χ0) is 13.0. The Kier molecular flexibility index (Phi) is 3.62. The van der Waals surface area contributed by atoms with Gasteiger partial charge in [-0.1, -0.05) is 12.1 Å². The van der Waals surface area contributed by atoms with Crippen LogP contribution in [0, 0.1) is 6.92 Å². The lowest BCUT2D eigenvalue weighted by molar-refractivity contribution is -0.121. The smallest absolute Gasteiger partial charge is 0.299 e. The highest BCUT2D eigenvalue weighted by Gasteiger charge is 2.07. The molecule has 0 spiro atoms. The maximum Gasteiger partial charge on any atom is 0.299 e. The number of methoxy groups -OCH3 is 1. The normalized spacial score (nSPS) is 10.1. The third-order valence-corrected chi connectivity index (χ3v) is 2.53. The van der Waals surface area contributed by atoms with Gasteiger partial charge in [0.25, 0.3) is 6.47 Å². The highest BCUT2D eigenvalue weighted by molar-refractivity contribution is 5.43. The summed E-state index contributed by atoms with van der Waals surface area (Å²) in [4.78, 5) is 10.4. The van der Waals surface area contributed by atoms with Gasteiger partial charge < -0.3 is 9.47 Å². The Labute approximate surface area is 105 Å². The molecule has 0 saturated carbocycles. The van der Waals surface area contributed by atoms with E-state index in [1.165, 1.54) is 0 Å². The number of nitrogens with zero attached hydrogens (tertiary/aromatic N) is 2. The van der Waals surface area contributed by atoms with Gasteiger partial charge in [0.1, 0.15) is 5.75 Å². The quantitative estimate of drug-likeness (QED) is 0.755. The Hall–Kier alpha value is -2.30. The molecule has 18 heavy (non-hydrogen) atoms. The molecular weight excluding hydrogens is 232 g/mol.